The molecule has 0 aromatic heterocycles. The van der Waals surface area contributed by atoms with E-state index in [4.69, 9.17) is 10.2 Å². The molecule has 5 nitrogen and oxygen atoms in total. The largest absolute Gasteiger partial charge is 0.481 e. The third-order valence-electron chi connectivity index (χ3n) is 4.46. The van der Waals surface area contributed by atoms with Crippen LogP contribution in [0.15, 0.2) is 0 Å². The van der Waals surface area contributed by atoms with Gasteiger partial charge in [0.25, 0.3) is 0 Å². The SMILES string of the molecule is O=C(O)CC[C@H](NCC1CC2CCC1C2)C(=O)O. The number of carbonyl (C=O) groups is 2. The van der Waals surface area contributed by atoms with Crippen molar-refractivity contribution in [1.82, 2.24) is 5.32 Å². The van der Waals surface area contributed by atoms with Crippen molar-refractivity contribution in [3.63, 3.8) is 0 Å². The van der Waals surface area contributed by atoms with Crippen LogP contribution in [0, 0.1) is 17.8 Å². The third kappa shape index (κ3) is 3.22. The molecule has 2 bridgehead atoms. The van der Waals surface area contributed by atoms with Gasteiger partial charge in [-0.05, 0) is 50.0 Å². The summed E-state index contributed by atoms with van der Waals surface area (Å²) in [4.78, 5) is 21.5. The second kappa shape index (κ2) is 5.69. The van der Waals surface area contributed by atoms with Gasteiger partial charge in [0.1, 0.15) is 6.04 Å². The predicted molar refractivity (Wildman–Crippen MR) is 65.2 cm³/mol. The summed E-state index contributed by atoms with van der Waals surface area (Å²) >= 11 is 0. The first-order valence-corrected chi connectivity index (χ1v) is 6.74. The standard InChI is InChI=1S/C13H21NO4/c15-12(16)4-3-11(13(17)18)14-7-10-6-8-1-2-9(10)5-8/h8-11,14H,1-7H2,(H,15,16)(H,17,18)/t8?,9?,10?,11-/m0/s1. The lowest BCUT2D eigenvalue weighted by atomic mass is 9.88. The fourth-order valence-electron chi connectivity index (χ4n) is 3.50. The number of fused-ring (bicyclic) bond motifs is 2. The Morgan fingerprint density at radius 2 is 2.00 bits per heavy atom. The van der Waals surface area contributed by atoms with E-state index in [0.29, 0.717) is 5.92 Å². The van der Waals surface area contributed by atoms with Crippen molar-refractivity contribution in [2.45, 2.75) is 44.6 Å². The fourth-order valence-corrected chi connectivity index (χ4v) is 3.50. The number of aliphatic carboxylic acids is 2. The van der Waals surface area contributed by atoms with Gasteiger partial charge in [-0.2, -0.15) is 0 Å². The van der Waals surface area contributed by atoms with E-state index in [-0.39, 0.29) is 12.8 Å². The number of hydrogen-bond donors (Lipinski definition) is 3. The smallest absolute Gasteiger partial charge is 0.320 e. The maximum Gasteiger partial charge on any atom is 0.320 e. The van der Waals surface area contributed by atoms with Crippen LogP contribution in [0.2, 0.25) is 0 Å². The van der Waals surface area contributed by atoms with Crippen LogP contribution < -0.4 is 5.32 Å². The molecular weight excluding hydrogens is 234 g/mol. The monoisotopic (exact) mass is 255 g/mol. The molecule has 0 saturated heterocycles. The molecule has 0 heterocycles. The predicted octanol–water partition coefficient (Wildman–Crippen LogP) is 1.33. The lowest BCUT2D eigenvalue weighted by Gasteiger charge is -2.24. The second-order valence-corrected chi connectivity index (χ2v) is 5.67. The summed E-state index contributed by atoms with van der Waals surface area (Å²) < 4.78 is 0. The molecule has 102 valence electrons. The van der Waals surface area contributed by atoms with Gasteiger partial charge in [-0.3, -0.25) is 9.59 Å². The van der Waals surface area contributed by atoms with E-state index in [1.165, 1.54) is 25.7 Å². The lowest BCUT2D eigenvalue weighted by molar-refractivity contribution is -0.140. The Kier molecular flexibility index (Phi) is 4.22. The van der Waals surface area contributed by atoms with Crippen molar-refractivity contribution in [3.05, 3.63) is 0 Å². The van der Waals surface area contributed by atoms with Crippen LogP contribution in [0.3, 0.4) is 0 Å². The molecule has 2 aliphatic rings. The van der Waals surface area contributed by atoms with E-state index in [0.717, 1.165) is 18.4 Å². The first-order valence-electron chi connectivity index (χ1n) is 6.74. The molecule has 4 atom stereocenters. The summed E-state index contributed by atoms with van der Waals surface area (Å²) in [6.07, 6.45) is 5.20. The maximum atomic E-state index is 11.0. The topological polar surface area (TPSA) is 86.6 Å². The highest BCUT2D eigenvalue weighted by molar-refractivity contribution is 5.75. The van der Waals surface area contributed by atoms with Crippen LogP contribution in [-0.4, -0.2) is 34.7 Å². The highest BCUT2D eigenvalue weighted by atomic mass is 16.4. The second-order valence-electron chi connectivity index (χ2n) is 5.67. The van der Waals surface area contributed by atoms with E-state index in [2.05, 4.69) is 5.32 Å². The minimum atomic E-state index is -0.945. The molecule has 0 aromatic rings. The molecule has 0 amide bonds. The fraction of sp³-hybridized carbons (Fsp3) is 0.846. The maximum absolute atomic E-state index is 11.0. The molecule has 2 fully saturated rings. The van der Waals surface area contributed by atoms with Crippen LogP contribution in [0.4, 0.5) is 0 Å². The molecule has 0 aliphatic heterocycles. The molecule has 0 radical (unpaired) electrons. The average molecular weight is 255 g/mol. The van der Waals surface area contributed by atoms with Crippen molar-refractivity contribution in [2.24, 2.45) is 17.8 Å². The zero-order chi connectivity index (χ0) is 13.1. The molecule has 2 rings (SSSR count). The Morgan fingerprint density at radius 1 is 1.22 bits per heavy atom. The summed E-state index contributed by atoms with van der Waals surface area (Å²) in [6.45, 7) is 0.720. The number of carboxylic acids is 2. The summed E-state index contributed by atoms with van der Waals surface area (Å²) in [5.41, 5.74) is 0. The molecule has 0 aromatic carbocycles. The third-order valence-corrected chi connectivity index (χ3v) is 4.46. The van der Waals surface area contributed by atoms with Crippen LogP contribution >= 0.6 is 0 Å². The molecular formula is C13H21NO4. The van der Waals surface area contributed by atoms with Gasteiger partial charge in [0.2, 0.25) is 0 Å². The first-order chi connectivity index (χ1) is 8.56. The molecule has 2 saturated carbocycles. The van der Waals surface area contributed by atoms with Gasteiger partial charge in [-0.1, -0.05) is 6.42 Å². The summed E-state index contributed by atoms with van der Waals surface area (Å²) in [5.74, 6) is 0.318. The van der Waals surface area contributed by atoms with Gasteiger partial charge in [-0.15, -0.1) is 0 Å². The van der Waals surface area contributed by atoms with Crippen molar-refractivity contribution >= 4 is 11.9 Å². The van der Waals surface area contributed by atoms with E-state index < -0.39 is 18.0 Å². The van der Waals surface area contributed by atoms with Crippen LogP contribution in [0.1, 0.15) is 38.5 Å². The highest BCUT2D eigenvalue weighted by Crippen LogP contribution is 2.47. The van der Waals surface area contributed by atoms with Crippen molar-refractivity contribution in [1.29, 1.82) is 0 Å². The minimum absolute atomic E-state index is 0.0965. The quantitative estimate of drug-likeness (QED) is 0.639. The minimum Gasteiger partial charge on any atom is -0.481 e. The van der Waals surface area contributed by atoms with Crippen LogP contribution in [-0.2, 0) is 9.59 Å². The van der Waals surface area contributed by atoms with E-state index >= 15 is 0 Å². The van der Waals surface area contributed by atoms with Gasteiger partial charge in [0.05, 0.1) is 0 Å². The summed E-state index contributed by atoms with van der Waals surface area (Å²) in [6, 6.07) is -0.722. The average Bonchev–Trinajstić information content (AvgIpc) is 2.89. The Hall–Kier alpha value is -1.10. The molecule has 18 heavy (non-hydrogen) atoms. The van der Waals surface area contributed by atoms with Crippen molar-refractivity contribution < 1.29 is 19.8 Å². The van der Waals surface area contributed by atoms with Crippen molar-refractivity contribution in [2.75, 3.05) is 6.54 Å². The molecule has 0 spiro atoms. The zero-order valence-corrected chi connectivity index (χ0v) is 10.5. The highest BCUT2D eigenvalue weighted by Gasteiger charge is 2.39. The molecule has 2 aliphatic carbocycles. The van der Waals surface area contributed by atoms with Gasteiger partial charge in [0.15, 0.2) is 0 Å². The van der Waals surface area contributed by atoms with Crippen LogP contribution in [0.25, 0.3) is 0 Å². The Bertz CT molecular complexity index is 331. The molecule has 5 heteroatoms. The Labute approximate surface area is 107 Å². The molecule has 3 N–H and O–H groups in total. The lowest BCUT2D eigenvalue weighted by Crippen LogP contribution is -2.40. The van der Waals surface area contributed by atoms with Crippen LogP contribution in [0.5, 0.6) is 0 Å². The number of rotatable bonds is 7. The number of nitrogens with one attached hydrogen (secondary N) is 1. The Balaban J connectivity index is 1.75. The zero-order valence-electron chi connectivity index (χ0n) is 10.5. The van der Waals surface area contributed by atoms with Gasteiger partial charge in [0, 0.05) is 6.42 Å². The first kappa shape index (κ1) is 13.3. The summed E-state index contributed by atoms with van der Waals surface area (Å²) in [5, 5.41) is 20.7. The van der Waals surface area contributed by atoms with E-state index in [1.54, 1.807) is 0 Å². The van der Waals surface area contributed by atoms with Gasteiger partial charge >= 0.3 is 11.9 Å². The number of carboxylic acid groups (broad SMARTS) is 2. The molecule has 3 unspecified atom stereocenters. The van der Waals surface area contributed by atoms with Gasteiger partial charge < -0.3 is 15.5 Å². The van der Waals surface area contributed by atoms with Crippen molar-refractivity contribution in [3.8, 4) is 0 Å². The summed E-state index contributed by atoms with van der Waals surface area (Å²) in [7, 11) is 0. The van der Waals surface area contributed by atoms with E-state index in [9.17, 15) is 9.59 Å². The number of hydrogen-bond acceptors (Lipinski definition) is 3. The van der Waals surface area contributed by atoms with Gasteiger partial charge in [-0.25, -0.2) is 0 Å². The van der Waals surface area contributed by atoms with E-state index in [1.807, 2.05) is 0 Å². The normalized spacial score (nSPS) is 31.4. The Morgan fingerprint density at radius 3 is 2.50 bits per heavy atom.